The molecule has 7 heteroatoms. The molecule has 0 fully saturated rings. The first-order valence-electron chi connectivity index (χ1n) is 6.20. The van der Waals surface area contributed by atoms with E-state index in [0.717, 1.165) is 4.90 Å². The van der Waals surface area contributed by atoms with E-state index in [1.807, 2.05) is 0 Å². The first kappa shape index (κ1) is 16.5. The van der Waals surface area contributed by atoms with E-state index in [4.69, 9.17) is 5.73 Å². The monoisotopic (exact) mass is 289 g/mol. The molecule has 0 saturated heterocycles. The number of hydrogen-bond acceptors (Lipinski definition) is 3. The van der Waals surface area contributed by atoms with Crippen LogP contribution in [0.15, 0.2) is 30.3 Å². The summed E-state index contributed by atoms with van der Waals surface area (Å²) in [5.74, 6) is -0.492. The second-order valence-electron chi connectivity index (χ2n) is 4.41. The zero-order chi connectivity index (χ0) is 15.2. The Morgan fingerprint density at radius 3 is 2.45 bits per heavy atom. The molecule has 1 amide bonds. The van der Waals surface area contributed by atoms with Gasteiger partial charge in [0.25, 0.3) is 0 Å². The molecule has 0 heterocycles. The topological polar surface area (TPSA) is 58.4 Å². The average molecular weight is 289 g/mol. The fourth-order valence-corrected chi connectivity index (χ4v) is 1.74. The van der Waals surface area contributed by atoms with E-state index in [1.54, 1.807) is 30.3 Å². The smallest absolute Gasteiger partial charge is 0.329 e. The molecule has 0 aromatic heterocycles. The number of halogens is 3. The first-order valence-corrected chi connectivity index (χ1v) is 6.20. The standard InChI is InChI=1S/C13H18F3N3O/c1-10(19(8-7-17)9-13(14,15)16)12(20)18-11-5-3-2-4-6-11/h2-6,10H,7-9,17H2,1H3,(H,18,20). The van der Waals surface area contributed by atoms with Crippen molar-refractivity contribution in [1.29, 1.82) is 0 Å². The second kappa shape index (κ2) is 7.25. The SMILES string of the molecule is CC(C(=O)Nc1ccccc1)N(CCN)CC(F)(F)F. The number of rotatable bonds is 6. The maximum Gasteiger partial charge on any atom is 0.401 e. The molecule has 112 valence electrons. The van der Waals surface area contributed by atoms with Gasteiger partial charge < -0.3 is 11.1 Å². The number of carbonyl (C=O) groups is 1. The summed E-state index contributed by atoms with van der Waals surface area (Å²) in [5.41, 5.74) is 5.84. The van der Waals surface area contributed by atoms with Crippen molar-refractivity contribution in [3.8, 4) is 0 Å². The van der Waals surface area contributed by atoms with E-state index in [-0.39, 0.29) is 13.1 Å². The largest absolute Gasteiger partial charge is 0.401 e. The van der Waals surface area contributed by atoms with Gasteiger partial charge in [-0.2, -0.15) is 13.2 Å². The number of nitrogens with one attached hydrogen (secondary N) is 1. The number of amides is 1. The molecule has 1 aromatic carbocycles. The van der Waals surface area contributed by atoms with Crippen molar-refractivity contribution in [2.45, 2.75) is 19.1 Å². The number of anilines is 1. The van der Waals surface area contributed by atoms with Gasteiger partial charge in [0.1, 0.15) is 0 Å². The molecule has 0 bridgehead atoms. The number of hydrogen-bond donors (Lipinski definition) is 2. The van der Waals surface area contributed by atoms with E-state index in [1.165, 1.54) is 6.92 Å². The summed E-state index contributed by atoms with van der Waals surface area (Å²) in [6.07, 6.45) is -4.36. The van der Waals surface area contributed by atoms with Gasteiger partial charge in [0.05, 0.1) is 12.6 Å². The lowest BCUT2D eigenvalue weighted by molar-refractivity contribution is -0.152. The Bertz CT molecular complexity index is 423. The summed E-state index contributed by atoms with van der Waals surface area (Å²) in [6, 6.07) is 7.66. The number of para-hydroxylation sites is 1. The minimum absolute atomic E-state index is 0.00286. The molecule has 0 aliphatic rings. The van der Waals surface area contributed by atoms with Crippen molar-refractivity contribution in [2.24, 2.45) is 5.73 Å². The van der Waals surface area contributed by atoms with Crippen molar-refractivity contribution in [1.82, 2.24) is 4.90 Å². The van der Waals surface area contributed by atoms with Gasteiger partial charge in [-0.05, 0) is 19.1 Å². The number of alkyl halides is 3. The van der Waals surface area contributed by atoms with Crippen LogP contribution in [0.4, 0.5) is 18.9 Å². The zero-order valence-electron chi connectivity index (χ0n) is 11.2. The third-order valence-electron chi connectivity index (χ3n) is 2.77. The zero-order valence-corrected chi connectivity index (χ0v) is 11.2. The summed E-state index contributed by atoms with van der Waals surface area (Å²) in [5, 5.41) is 2.58. The van der Waals surface area contributed by atoms with Gasteiger partial charge in [-0.25, -0.2) is 0 Å². The Morgan fingerprint density at radius 1 is 1.35 bits per heavy atom. The highest BCUT2D eigenvalue weighted by molar-refractivity contribution is 5.94. The summed E-state index contributed by atoms with van der Waals surface area (Å²) in [7, 11) is 0. The van der Waals surface area contributed by atoms with Crippen molar-refractivity contribution in [3.05, 3.63) is 30.3 Å². The molecule has 4 nitrogen and oxygen atoms in total. The lowest BCUT2D eigenvalue weighted by atomic mass is 10.2. The Labute approximate surface area is 115 Å². The van der Waals surface area contributed by atoms with E-state index in [2.05, 4.69) is 5.32 Å². The molecule has 0 saturated carbocycles. The quantitative estimate of drug-likeness (QED) is 0.840. The maximum atomic E-state index is 12.5. The van der Waals surface area contributed by atoms with Crippen LogP contribution in [0.5, 0.6) is 0 Å². The van der Waals surface area contributed by atoms with E-state index in [9.17, 15) is 18.0 Å². The molecule has 20 heavy (non-hydrogen) atoms. The Kier molecular flexibility index (Phi) is 5.97. The maximum absolute atomic E-state index is 12.5. The van der Waals surface area contributed by atoms with Crippen LogP contribution in [-0.4, -0.2) is 42.7 Å². The molecular weight excluding hydrogens is 271 g/mol. The van der Waals surface area contributed by atoms with Gasteiger partial charge in [-0.3, -0.25) is 9.69 Å². The lowest BCUT2D eigenvalue weighted by Crippen LogP contribution is -2.48. The fraction of sp³-hybridized carbons (Fsp3) is 0.462. The van der Waals surface area contributed by atoms with Crippen molar-refractivity contribution in [2.75, 3.05) is 25.0 Å². The van der Waals surface area contributed by atoms with Crippen LogP contribution in [0, 0.1) is 0 Å². The van der Waals surface area contributed by atoms with Crippen LogP contribution < -0.4 is 11.1 Å². The van der Waals surface area contributed by atoms with E-state index < -0.39 is 24.7 Å². The van der Waals surface area contributed by atoms with Crippen LogP contribution in [0.2, 0.25) is 0 Å². The number of nitrogens with two attached hydrogens (primary N) is 1. The molecule has 1 aromatic rings. The third-order valence-corrected chi connectivity index (χ3v) is 2.77. The van der Waals surface area contributed by atoms with Crippen molar-refractivity contribution in [3.63, 3.8) is 0 Å². The number of nitrogens with zero attached hydrogens (tertiary/aromatic N) is 1. The molecule has 1 rings (SSSR count). The second-order valence-corrected chi connectivity index (χ2v) is 4.41. The average Bonchev–Trinajstić information content (AvgIpc) is 2.37. The minimum Gasteiger partial charge on any atom is -0.329 e. The van der Waals surface area contributed by atoms with Crippen molar-refractivity contribution >= 4 is 11.6 Å². The van der Waals surface area contributed by atoms with Gasteiger partial charge in [0.15, 0.2) is 0 Å². The predicted octanol–water partition coefficient (Wildman–Crippen LogP) is 1.84. The molecule has 0 aliphatic heterocycles. The minimum atomic E-state index is -4.36. The number of carbonyl (C=O) groups excluding carboxylic acids is 1. The first-order chi connectivity index (χ1) is 9.33. The van der Waals surface area contributed by atoms with Crippen LogP contribution in [0.25, 0.3) is 0 Å². The van der Waals surface area contributed by atoms with Crippen LogP contribution >= 0.6 is 0 Å². The van der Waals surface area contributed by atoms with Crippen LogP contribution in [-0.2, 0) is 4.79 Å². The highest BCUT2D eigenvalue weighted by Gasteiger charge is 2.34. The van der Waals surface area contributed by atoms with Gasteiger partial charge in [0, 0.05) is 18.8 Å². The summed E-state index contributed by atoms with van der Waals surface area (Å²) >= 11 is 0. The summed E-state index contributed by atoms with van der Waals surface area (Å²) in [6.45, 7) is 0.329. The van der Waals surface area contributed by atoms with Gasteiger partial charge in [-0.15, -0.1) is 0 Å². The molecule has 1 atom stereocenters. The Hall–Kier alpha value is -1.60. The van der Waals surface area contributed by atoms with Gasteiger partial charge >= 0.3 is 6.18 Å². The van der Waals surface area contributed by atoms with Crippen molar-refractivity contribution < 1.29 is 18.0 Å². The Balaban J connectivity index is 2.68. The summed E-state index contributed by atoms with van der Waals surface area (Å²) in [4.78, 5) is 13.0. The van der Waals surface area contributed by atoms with E-state index >= 15 is 0 Å². The Morgan fingerprint density at radius 2 is 1.95 bits per heavy atom. The van der Waals surface area contributed by atoms with E-state index in [0.29, 0.717) is 5.69 Å². The van der Waals surface area contributed by atoms with Gasteiger partial charge in [0.2, 0.25) is 5.91 Å². The van der Waals surface area contributed by atoms with Gasteiger partial charge in [-0.1, -0.05) is 18.2 Å². The normalized spacial score (nSPS) is 13.3. The van der Waals surface area contributed by atoms with Crippen LogP contribution in [0.3, 0.4) is 0 Å². The molecule has 0 aliphatic carbocycles. The summed E-state index contributed by atoms with van der Waals surface area (Å²) < 4.78 is 37.4. The predicted molar refractivity (Wildman–Crippen MR) is 71.2 cm³/mol. The highest BCUT2D eigenvalue weighted by atomic mass is 19.4. The third kappa shape index (κ3) is 5.58. The lowest BCUT2D eigenvalue weighted by Gasteiger charge is -2.28. The molecule has 0 spiro atoms. The molecule has 0 radical (unpaired) electrons. The molecular formula is C13H18F3N3O. The highest BCUT2D eigenvalue weighted by Crippen LogP contribution is 2.18. The van der Waals surface area contributed by atoms with Crippen LogP contribution in [0.1, 0.15) is 6.92 Å². The fourth-order valence-electron chi connectivity index (χ4n) is 1.74. The molecule has 3 N–H and O–H groups in total. The molecule has 1 unspecified atom stereocenters. The number of benzene rings is 1.